The van der Waals surface area contributed by atoms with Crippen molar-refractivity contribution in [2.45, 2.75) is 93.9 Å². The lowest BCUT2D eigenvalue weighted by Gasteiger charge is -2.14. The summed E-state index contributed by atoms with van der Waals surface area (Å²) in [5.74, 6) is 0.790. The van der Waals surface area contributed by atoms with Gasteiger partial charge in [0.15, 0.2) is 0 Å². The fourth-order valence-electron chi connectivity index (χ4n) is 1.92. The van der Waals surface area contributed by atoms with Crippen LogP contribution < -0.4 is 6.15 Å². The predicted molar refractivity (Wildman–Crippen MR) is 144 cm³/mol. The summed E-state index contributed by atoms with van der Waals surface area (Å²) in [7, 11) is 0. The van der Waals surface area contributed by atoms with E-state index >= 15 is 0 Å². The second-order valence-corrected chi connectivity index (χ2v) is 7.82. The average molecular weight is 440 g/mol. The van der Waals surface area contributed by atoms with Gasteiger partial charge in [-0.3, -0.25) is 0 Å². The molecule has 0 fully saturated rings. The first-order valence-electron chi connectivity index (χ1n) is 11.4. The van der Waals surface area contributed by atoms with Crippen LogP contribution in [0.3, 0.4) is 0 Å². The first kappa shape index (κ1) is 39.7. The van der Waals surface area contributed by atoms with Crippen LogP contribution >= 0.6 is 0 Å². The van der Waals surface area contributed by atoms with Gasteiger partial charge >= 0.3 is 0 Å². The Morgan fingerprint density at radius 1 is 0.839 bits per heavy atom. The number of hydrogen-bond donors (Lipinski definition) is 1. The molecule has 0 aromatic rings. The second-order valence-electron chi connectivity index (χ2n) is 7.82. The maximum absolute atomic E-state index is 14.0. The Hall–Kier alpha value is -1.71. The third-order valence-corrected chi connectivity index (χ3v) is 4.38. The van der Waals surface area contributed by atoms with Crippen LogP contribution in [0.5, 0.6) is 0 Å². The summed E-state index contributed by atoms with van der Waals surface area (Å²) in [5, 5.41) is 0. The van der Waals surface area contributed by atoms with Crippen molar-refractivity contribution in [2.24, 2.45) is 11.8 Å². The summed E-state index contributed by atoms with van der Waals surface area (Å²) in [6.07, 6.45) is 11.9. The zero-order valence-corrected chi connectivity index (χ0v) is 22.0. The molecule has 0 amide bonds. The maximum Gasteiger partial charge on any atom is 0.130 e. The lowest BCUT2D eigenvalue weighted by Crippen LogP contribution is -2.01. The van der Waals surface area contributed by atoms with Crippen LogP contribution in [0, 0.1) is 11.8 Å². The Labute approximate surface area is 194 Å². The number of rotatable bonds is 11. The fraction of sp³-hybridized carbons (Fsp3) is 0.571. The normalized spacial score (nSPS) is 12.0. The molecule has 0 rings (SSSR count). The molecule has 0 aliphatic heterocycles. The van der Waals surface area contributed by atoms with Crippen LogP contribution in [-0.2, 0) is 0 Å². The van der Waals surface area contributed by atoms with Crippen molar-refractivity contribution in [3.05, 3.63) is 72.7 Å². The van der Waals surface area contributed by atoms with Gasteiger partial charge in [0.25, 0.3) is 0 Å². The molecule has 0 aliphatic rings. The highest BCUT2D eigenvalue weighted by Crippen LogP contribution is 2.24. The third kappa shape index (κ3) is 24.4. The van der Waals surface area contributed by atoms with E-state index in [1.807, 2.05) is 13.0 Å². The first-order chi connectivity index (χ1) is 13.6. The summed E-state index contributed by atoms with van der Waals surface area (Å²) in [4.78, 5) is 0. The number of halogens is 1. The van der Waals surface area contributed by atoms with E-state index < -0.39 is 0 Å². The molecular formula is C28H54FNO. The quantitative estimate of drug-likeness (QED) is 0.320. The predicted octanol–water partition coefficient (Wildman–Crippen LogP) is 9.66. The standard InChI is InChI=1S/C22H33F.2C3H8.H3N.H2O/c1-9-16(3)11-12-18(5)19(6)13-14-20(7)21(8)22(23)15-17(4)10-2;2*1-3-2;;/h13-16,18H,4,6-12H2,1-3,5H3;2*3H2,1-2H3;1H3;1H2/b14-13-,22-15+;;;;. The van der Waals surface area contributed by atoms with Crippen molar-refractivity contribution in [2.75, 3.05) is 0 Å². The monoisotopic (exact) mass is 439 g/mol. The molecule has 5 N–H and O–H groups in total. The second kappa shape index (κ2) is 26.3. The molecule has 0 aliphatic carbocycles. The molecule has 0 radical (unpaired) electrons. The highest BCUT2D eigenvalue weighted by Gasteiger charge is 2.08. The van der Waals surface area contributed by atoms with Crippen molar-refractivity contribution in [1.82, 2.24) is 6.15 Å². The lowest BCUT2D eigenvalue weighted by molar-refractivity contribution is 0.454. The van der Waals surface area contributed by atoms with Crippen LogP contribution in [0.15, 0.2) is 72.7 Å². The zero-order valence-electron chi connectivity index (χ0n) is 22.0. The Balaban J connectivity index is -0.000000251. The molecule has 0 aromatic carbocycles. The van der Waals surface area contributed by atoms with Gasteiger partial charge in [0.1, 0.15) is 5.83 Å². The van der Waals surface area contributed by atoms with Crippen LogP contribution in [0.1, 0.15) is 93.9 Å². The van der Waals surface area contributed by atoms with Crippen molar-refractivity contribution in [1.29, 1.82) is 0 Å². The number of allylic oxidation sites excluding steroid dienone is 8. The minimum atomic E-state index is -0.373. The van der Waals surface area contributed by atoms with Gasteiger partial charge in [0.05, 0.1) is 0 Å². The van der Waals surface area contributed by atoms with Gasteiger partial charge in [-0.2, -0.15) is 0 Å². The molecule has 0 aromatic heterocycles. The van der Waals surface area contributed by atoms with Crippen molar-refractivity contribution in [3.8, 4) is 0 Å². The van der Waals surface area contributed by atoms with Crippen molar-refractivity contribution < 1.29 is 9.87 Å². The topological polar surface area (TPSA) is 66.5 Å². The van der Waals surface area contributed by atoms with Gasteiger partial charge in [0.2, 0.25) is 0 Å². The Morgan fingerprint density at radius 3 is 1.68 bits per heavy atom. The lowest BCUT2D eigenvalue weighted by atomic mass is 9.91. The van der Waals surface area contributed by atoms with Gasteiger partial charge < -0.3 is 11.6 Å². The average Bonchev–Trinajstić information content (AvgIpc) is 2.69. The molecule has 2 unspecified atom stereocenters. The first-order valence-corrected chi connectivity index (χ1v) is 11.4. The van der Waals surface area contributed by atoms with E-state index in [4.69, 9.17) is 0 Å². The molecule has 0 bridgehead atoms. The van der Waals surface area contributed by atoms with Crippen LogP contribution in [0.25, 0.3) is 0 Å². The molecule has 184 valence electrons. The van der Waals surface area contributed by atoms with Gasteiger partial charge in [0, 0.05) is 5.57 Å². The van der Waals surface area contributed by atoms with Crippen molar-refractivity contribution >= 4 is 0 Å². The van der Waals surface area contributed by atoms with Gasteiger partial charge in [-0.1, -0.05) is 131 Å². The van der Waals surface area contributed by atoms with Gasteiger partial charge in [-0.25, -0.2) is 4.39 Å². The maximum atomic E-state index is 14.0. The van der Waals surface area contributed by atoms with E-state index in [-0.39, 0.29) is 17.5 Å². The summed E-state index contributed by atoms with van der Waals surface area (Å²) >= 11 is 0. The molecule has 0 saturated heterocycles. The van der Waals surface area contributed by atoms with Gasteiger partial charge in [-0.05, 0) is 36.3 Å². The summed E-state index contributed by atoms with van der Waals surface area (Å²) in [6, 6.07) is 0. The highest BCUT2D eigenvalue weighted by atomic mass is 19.1. The number of hydrogen-bond acceptors (Lipinski definition) is 1. The Kier molecular flexibility index (Phi) is 33.7. The van der Waals surface area contributed by atoms with Gasteiger partial charge in [-0.15, -0.1) is 0 Å². The fourth-order valence-corrected chi connectivity index (χ4v) is 1.92. The molecule has 3 heteroatoms. The van der Waals surface area contributed by atoms with E-state index in [0.717, 1.165) is 23.5 Å². The molecular weight excluding hydrogens is 385 g/mol. The summed E-state index contributed by atoms with van der Waals surface area (Å²) in [5.41, 5.74) is 2.65. The molecule has 0 spiro atoms. The van der Waals surface area contributed by atoms with Crippen LogP contribution in [0.4, 0.5) is 4.39 Å². The minimum Gasteiger partial charge on any atom is -0.412 e. The summed E-state index contributed by atoms with van der Waals surface area (Å²) < 4.78 is 14.0. The van der Waals surface area contributed by atoms with E-state index in [1.165, 1.54) is 31.8 Å². The Morgan fingerprint density at radius 2 is 1.29 bits per heavy atom. The van der Waals surface area contributed by atoms with E-state index in [1.54, 1.807) is 6.08 Å². The SMILES string of the molecule is C=C(/C=C(/F)C(=C)C(=C)/C=C\C(=C)C(C)CCC(C)CC)CC.CCC.CCC.N.O. The van der Waals surface area contributed by atoms with E-state index in [2.05, 4.69) is 74.8 Å². The molecule has 31 heavy (non-hydrogen) atoms. The smallest absolute Gasteiger partial charge is 0.130 e. The Bertz CT molecular complexity index is 541. The largest absolute Gasteiger partial charge is 0.412 e. The van der Waals surface area contributed by atoms with Crippen LogP contribution in [0.2, 0.25) is 0 Å². The molecule has 0 saturated carbocycles. The zero-order chi connectivity index (χ0) is 23.4. The highest BCUT2D eigenvalue weighted by molar-refractivity contribution is 5.48. The third-order valence-electron chi connectivity index (χ3n) is 4.38. The van der Waals surface area contributed by atoms with E-state index in [0.29, 0.717) is 23.5 Å². The molecule has 2 nitrogen and oxygen atoms in total. The van der Waals surface area contributed by atoms with E-state index in [9.17, 15) is 4.39 Å². The van der Waals surface area contributed by atoms with Crippen molar-refractivity contribution in [3.63, 3.8) is 0 Å². The summed E-state index contributed by atoms with van der Waals surface area (Å²) in [6.45, 7) is 32.7. The minimum absolute atomic E-state index is 0. The molecule has 0 heterocycles. The molecule has 2 atom stereocenters. The van der Waals surface area contributed by atoms with Crippen LogP contribution in [-0.4, -0.2) is 5.48 Å².